The SMILES string of the molecule is CCCC[Si](C)(C)OC(C)(C)C(C)(C)C(C)(C)[Si](C)(C)CCCOCCCS(=O)O. The van der Waals surface area contributed by atoms with Crippen LogP contribution in [0.4, 0.5) is 0 Å². The van der Waals surface area contributed by atoms with Crippen molar-refractivity contribution >= 4 is 27.5 Å². The molecule has 182 valence electrons. The molecule has 0 aliphatic heterocycles. The van der Waals surface area contributed by atoms with Crippen LogP contribution in [0.2, 0.25) is 43.3 Å². The van der Waals surface area contributed by atoms with E-state index in [2.05, 4.69) is 74.7 Å². The molecule has 7 heteroatoms. The van der Waals surface area contributed by atoms with Crippen LogP contribution in [0.25, 0.3) is 0 Å². The molecule has 30 heavy (non-hydrogen) atoms. The van der Waals surface area contributed by atoms with Crippen molar-refractivity contribution < 1.29 is 17.9 Å². The van der Waals surface area contributed by atoms with Crippen molar-refractivity contribution in [2.24, 2.45) is 5.41 Å². The monoisotopic (exact) mass is 480 g/mol. The molecule has 0 aliphatic rings. The van der Waals surface area contributed by atoms with Crippen molar-refractivity contribution in [3.63, 3.8) is 0 Å². The van der Waals surface area contributed by atoms with E-state index in [9.17, 15) is 4.21 Å². The highest BCUT2D eigenvalue weighted by molar-refractivity contribution is 7.79. The van der Waals surface area contributed by atoms with Crippen molar-refractivity contribution in [3.05, 3.63) is 0 Å². The number of ether oxygens (including phenoxy) is 1. The Morgan fingerprint density at radius 2 is 1.40 bits per heavy atom. The Hall–Kier alpha value is 0.464. The second-order valence-corrected chi connectivity index (χ2v) is 22.5. The molecule has 0 heterocycles. The van der Waals surface area contributed by atoms with Crippen LogP contribution < -0.4 is 0 Å². The van der Waals surface area contributed by atoms with Crippen LogP contribution in [0.5, 0.6) is 0 Å². The summed E-state index contributed by atoms with van der Waals surface area (Å²) in [6.45, 7) is 27.7. The van der Waals surface area contributed by atoms with Gasteiger partial charge in [0.15, 0.2) is 19.4 Å². The fourth-order valence-corrected chi connectivity index (χ4v) is 11.3. The van der Waals surface area contributed by atoms with Crippen LogP contribution >= 0.6 is 0 Å². The first kappa shape index (κ1) is 30.5. The summed E-state index contributed by atoms with van der Waals surface area (Å²) in [6, 6.07) is 2.44. The van der Waals surface area contributed by atoms with Crippen LogP contribution in [0.1, 0.15) is 74.1 Å². The summed E-state index contributed by atoms with van der Waals surface area (Å²) < 4.78 is 32.2. The van der Waals surface area contributed by atoms with Crippen molar-refractivity contribution in [1.29, 1.82) is 0 Å². The predicted octanol–water partition coefficient (Wildman–Crippen LogP) is 7.32. The van der Waals surface area contributed by atoms with Gasteiger partial charge in [-0.3, -0.25) is 0 Å². The number of rotatable bonds is 16. The topological polar surface area (TPSA) is 55.8 Å². The lowest BCUT2D eigenvalue weighted by Crippen LogP contribution is -2.59. The highest BCUT2D eigenvalue weighted by Crippen LogP contribution is 2.60. The van der Waals surface area contributed by atoms with Crippen molar-refractivity contribution in [2.75, 3.05) is 19.0 Å². The Bertz CT molecular complexity index is 531. The quantitative estimate of drug-likeness (QED) is 0.143. The maximum absolute atomic E-state index is 10.7. The number of hydrogen-bond acceptors (Lipinski definition) is 3. The largest absolute Gasteiger partial charge is 0.412 e. The molecular weight excluding hydrogens is 428 g/mol. The maximum Gasteiger partial charge on any atom is 0.187 e. The van der Waals surface area contributed by atoms with Crippen LogP contribution in [0.15, 0.2) is 0 Å². The van der Waals surface area contributed by atoms with Crippen LogP contribution in [-0.2, 0) is 20.2 Å². The van der Waals surface area contributed by atoms with Crippen molar-refractivity contribution in [3.8, 4) is 0 Å². The second-order valence-electron chi connectivity index (χ2n) is 11.7. The molecule has 0 saturated heterocycles. The van der Waals surface area contributed by atoms with Crippen LogP contribution in [-0.4, -0.2) is 49.7 Å². The third-order valence-corrected chi connectivity index (χ3v) is 17.0. The summed E-state index contributed by atoms with van der Waals surface area (Å²) in [7, 11) is -3.30. The molecule has 0 aromatic carbocycles. The molecule has 1 unspecified atom stereocenters. The molecule has 0 saturated carbocycles. The lowest BCUT2D eigenvalue weighted by Gasteiger charge is -2.59. The minimum Gasteiger partial charge on any atom is -0.412 e. The summed E-state index contributed by atoms with van der Waals surface area (Å²) in [5.41, 5.74) is -0.140. The van der Waals surface area contributed by atoms with Crippen molar-refractivity contribution in [2.45, 2.75) is 123 Å². The summed E-state index contributed by atoms with van der Waals surface area (Å²) in [5.74, 6) is 0.300. The van der Waals surface area contributed by atoms with Gasteiger partial charge in [0.1, 0.15) is 0 Å². The van der Waals surface area contributed by atoms with Crippen molar-refractivity contribution in [1.82, 2.24) is 0 Å². The van der Waals surface area contributed by atoms with E-state index in [1.807, 2.05) is 0 Å². The van der Waals surface area contributed by atoms with Gasteiger partial charge in [-0.2, -0.15) is 0 Å². The summed E-state index contributed by atoms with van der Waals surface area (Å²) in [5, 5.41) is 0.187. The molecule has 0 aromatic rings. The van der Waals surface area contributed by atoms with Gasteiger partial charge in [-0.25, -0.2) is 4.21 Å². The molecule has 0 amide bonds. The van der Waals surface area contributed by atoms with E-state index in [1.165, 1.54) is 24.9 Å². The third kappa shape index (κ3) is 8.77. The zero-order valence-electron chi connectivity index (χ0n) is 21.9. The summed E-state index contributed by atoms with van der Waals surface area (Å²) in [6.07, 6.45) is 4.19. The normalized spacial score (nSPS) is 15.5. The molecular formula is C23H52O4SSi2. The highest BCUT2D eigenvalue weighted by Gasteiger charge is 2.56. The first-order valence-electron chi connectivity index (χ1n) is 11.8. The first-order valence-corrected chi connectivity index (χ1v) is 19.4. The van der Waals surface area contributed by atoms with E-state index >= 15 is 0 Å². The molecule has 0 spiro atoms. The van der Waals surface area contributed by atoms with E-state index in [4.69, 9.17) is 13.7 Å². The van der Waals surface area contributed by atoms with Crippen LogP contribution in [0, 0.1) is 5.41 Å². The minimum absolute atomic E-state index is 0.0399. The second kappa shape index (κ2) is 12.1. The Morgan fingerprint density at radius 3 is 1.90 bits per heavy atom. The van der Waals surface area contributed by atoms with Gasteiger partial charge in [0.25, 0.3) is 0 Å². The zero-order valence-corrected chi connectivity index (χ0v) is 24.8. The lowest BCUT2D eigenvalue weighted by molar-refractivity contribution is -0.0431. The number of unbranched alkanes of at least 4 members (excludes halogenated alkanes) is 1. The Balaban J connectivity index is 5.05. The molecule has 4 nitrogen and oxygen atoms in total. The van der Waals surface area contributed by atoms with E-state index in [0.717, 1.165) is 13.0 Å². The molecule has 0 aliphatic carbocycles. The van der Waals surface area contributed by atoms with Gasteiger partial charge in [0.2, 0.25) is 0 Å². The van der Waals surface area contributed by atoms with E-state index in [0.29, 0.717) is 18.8 Å². The van der Waals surface area contributed by atoms with Gasteiger partial charge in [-0.05, 0) is 56.3 Å². The molecule has 0 aromatic heterocycles. The maximum atomic E-state index is 10.7. The smallest absolute Gasteiger partial charge is 0.187 e. The lowest BCUT2D eigenvalue weighted by atomic mass is 9.68. The van der Waals surface area contributed by atoms with E-state index in [-0.39, 0.29) is 16.1 Å². The van der Waals surface area contributed by atoms with E-state index < -0.39 is 27.5 Å². The van der Waals surface area contributed by atoms with E-state index in [1.54, 1.807) is 0 Å². The molecule has 1 N–H and O–H groups in total. The van der Waals surface area contributed by atoms with Crippen LogP contribution in [0.3, 0.4) is 0 Å². The fourth-order valence-electron chi connectivity index (χ4n) is 4.39. The van der Waals surface area contributed by atoms with Gasteiger partial charge in [-0.1, -0.05) is 66.6 Å². The van der Waals surface area contributed by atoms with Gasteiger partial charge in [0.05, 0.1) is 19.4 Å². The summed E-state index contributed by atoms with van der Waals surface area (Å²) in [4.78, 5) is 0. The number of hydrogen-bond donors (Lipinski definition) is 1. The Morgan fingerprint density at radius 1 is 0.867 bits per heavy atom. The molecule has 1 atom stereocenters. The average molecular weight is 481 g/mol. The third-order valence-electron chi connectivity index (χ3n) is 8.12. The first-order chi connectivity index (χ1) is 13.4. The van der Waals surface area contributed by atoms with Gasteiger partial charge in [-0.15, -0.1) is 0 Å². The Kier molecular flexibility index (Phi) is 12.3. The Labute approximate surface area is 192 Å². The fraction of sp³-hybridized carbons (Fsp3) is 1.00. The molecule has 0 fully saturated rings. The zero-order chi connectivity index (χ0) is 23.9. The minimum atomic E-state index is -1.71. The molecule has 0 radical (unpaired) electrons. The van der Waals surface area contributed by atoms with Gasteiger partial charge in [0, 0.05) is 13.2 Å². The highest BCUT2D eigenvalue weighted by atomic mass is 32.2. The average Bonchev–Trinajstić information content (AvgIpc) is 2.57. The standard InChI is InChI=1S/C23H52O4SSi2/c1-12-13-20-30(10,11)27-22(4,5)21(2,3)23(6,7)29(8,9)19-15-17-26-16-14-18-28(24)25/h12-20H2,1-11H3,(H,24,25). The predicted molar refractivity (Wildman–Crippen MR) is 138 cm³/mol. The molecule has 0 bridgehead atoms. The van der Waals surface area contributed by atoms with Gasteiger partial charge >= 0.3 is 0 Å². The van der Waals surface area contributed by atoms with Gasteiger partial charge < -0.3 is 13.7 Å². The molecule has 0 rings (SSSR count). The summed E-state index contributed by atoms with van der Waals surface area (Å²) >= 11 is -1.71.